The molecular weight excluding hydrogens is 388 g/mol. The first-order chi connectivity index (χ1) is 17.6. The van der Waals surface area contributed by atoms with E-state index in [-0.39, 0.29) is 31.1 Å². The lowest BCUT2D eigenvalue weighted by Crippen LogP contribution is -2.43. The van der Waals surface area contributed by atoms with Crippen molar-refractivity contribution in [3.8, 4) is 0 Å². The van der Waals surface area contributed by atoms with Gasteiger partial charge in [0.05, 0.1) is 30.6 Å². The maximum absolute atomic E-state index is 13.2. The lowest BCUT2D eigenvalue weighted by atomic mass is 9.66. The summed E-state index contributed by atoms with van der Waals surface area (Å²) in [5, 5.41) is 39.4. The second-order valence-corrected chi connectivity index (χ2v) is 8.04. The number of esters is 1. The van der Waals surface area contributed by atoms with E-state index in [0.717, 1.165) is 0 Å². The number of aliphatic hydroxyl groups is 3. The van der Waals surface area contributed by atoms with E-state index < -0.39 is 74.7 Å². The largest absolute Gasteiger partial charge is 0.481 e. The second-order valence-electron chi connectivity index (χ2n) is 8.04. The maximum Gasteiger partial charge on any atom is 0.308 e. The number of rotatable bonds is 10. The van der Waals surface area contributed by atoms with Crippen molar-refractivity contribution in [2.45, 2.75) is 83.5 Å². The predicted molar refractivity (Wildman–Crippen MR) is 111 cm³/mol. The lowest BCUT2D eigenvalue weighted by Gasteiger charge is -2.43. The number of ether oxygens (including phenoxy) is 1. The summed E-state index contributed by atoms with van der Waals surface area (Å²) in [4.78, 5) is 24.0. The molecular formula is C23H36O7. The highest BCUT2D eigenvalue weighted by atomic mass is 16.5. The van der Waals surface area contributed by atoms with Gasteiger partial charge in [0.1, 0.15) is 6.10 Å². The first kappa shape index (κ1) is 14.4. The van der Waals surface area contributed by atoms with Gasteiger partial charge in [-0.05, 0) is 43.0 Å². The summed E-state index contributed by atoms with van der Waals surface area (Å²) in [6.45, 7) is -5.52. The molecule has 0 aromatic heterocycles. The summed E-state index contributed by atoms with van der Waals surface area (Å²) < 4.78 is 75.0. The molecule has 0 spiro atoms. The Bertz CT molecular complexity index is 963. The Hall–Kier alpha value is -1.70. The number of allylic oxidation sites excluding steroid dienone is 2. The Morgan fingerprint density at radius 2 is 2.17 bits per heavy atom. The van der Waals surface area contributed by atoms with E-state index in [1.54, 1.807) is 6.08 Å². The standard InChI is InChI=1S/C23H36O7/c1-4-13(2)23(29)30-20-11-17(25)9-15-6-5-14(3)19(22(15)20)8-7-16(24)10-18(26)12-21(27)28/h5-6,9,13-14,16-20,22,24-26H,4,7-8,10-12H2,1-3H3,(H,27,28)/t13-,14+,16-,17-,18-,19+,20+,22+/m1/s1/i1D3,2D3,4D2,13D. The van der Waals surface area contributed by atoms with Crippen molar-refractivity contribution in [3.63, 3.8) is 0 Å². The summed E-state index contributed by atoms with van der Waals surface area (Å²) in [5.41, 5.74) is 0.540. The minimum atomic E-state index is -3.81. The summed E-state index contributed by atoms with van der Waals surface area (Å²) in [6.07, 6.45) is -3.94. The normalized spacial score (nSPS) is 38.1. The number of aliphatic hydroxyl groups excluding tert-OH is 3. The Morgan fingerprint density at radius 3 is 2.83 bits per heavy atom. The van der Waals surface area contributed by atoms with Crippen molar-refractivity contribution in [2.24, 2.45) is 23.6 Å². The fourth-order valence-corrected chi connectivity index (χ4v) is 4.34. The molecule has 0 saturated carbocycles. The number of fused-ring (bicyclic) bond motifs is 1. The predicted octanol–water partition coefficient (Wildman–Crippen LogP) is 2.44. The van der Waals surface area contributed by atoms with Crippen LogP contribution in [-0.4, -0.2) is 56.8 Å². The molecule has 2 aliphatic carbocycles. The number of carbonyl (C=O) groups excluding carboxylic acids is 1. The van der Waals surface area contributed by atoms with Crippen LogP contribution in [0.1, 0.15) is 71.4 Å². The molecule has 0 unspecified atom stereocenters. The van der Waals surface area contributed by atoms with Crippen LogP contribution in [0.5, 0.6) is 0 Å². The van der Waals surface area contributed by atoms with Gasteiger partial charge in [0.2, 0.25) is 0 Å². The van der Waals surface area contributed by atoms with Gasteiger partial charge in [-0.2, -0.15) is 0 Å². The van der Waals surface area contributed by atoms with Gasteiger partial charge in [0.15, 0.2) is 0 Å². The van der Waals surface area contributed by atoms with Crippen LogP contribution in [0.3, 0.4) is 0 Å². The van der Waals surface area contributed by atoms with Crippen LogP contribution in [0, 0.1) is 23.6 Å². The number of carboxylic acids is 1. The molecule has 30 heavy (non-hydrogen) atoms. The first-order valence-corrected chi connectivity index (χ1v) is 10.0. The molecule has 8 atom stereocenters. The van der Waals surface area contributed by atoms with Crippen LogP contribution >= 0.6 is 0 Å². The Kier molecular flexibility index (Phi) is 5.31. The number of hydrogen-bond acceptors (Lipinski definition) is 6. The lowest BCUT2D eigenvalue weighted by molar-refractivity contribution is -0.159. The molecule has 0 saturated heterocycles. The third-order valence-electron chi connectivity index (χ3n) is 5.75. The average molecular weight is 434 g/mol. The first-order valence-electron chi connectivity index (χ1n) is 14.5. The number of hydrogen-bond donors (Lipinski definition) is 4. The van der Waals surface area contributed by atoms with E-state index in [0.29, 0.717) is 12.0 Å². The van der Waals surface area contributed by atoms with Gasteiger partial charge >= 0.3 is 11.9 Å². The molecule has 4 N–H and O–H groups in total. The molecule has 0 radical (unpaired) electrons. The Labute approximate surface area is 191 Å². The van der Waals surface area contributed by atoms with E-state index in [1.165, 1.54) is 6.08 Å². The third kappa shape index (κ3) is 6.65. The van der Waals surface area contributed by atoms with Gasteiger partial charge in [-0.1, -0.05) is 38.9 Å². The van der Waals surface area contributed by atoms with Gasteiger partial charge < -0.3 is 25.2 Å². The fraction of sp³-hybridized carbons (Fsp3) is 0.739. The van der Waals surface area contributed by atoms with Crippen LogP contribution < -0.4 is 0 Å². The molecule has 0 aliphatic heterocycles. The van der Waals surface area contributed by atoms with Crippen molar-refractivity contribution in [1.29, 1.82) is 0 Å². The van der Waals surface area contributed by atoms with E-state index in [9.17, 15) is 24.9 Å². The molecule has 0 bridgehead atoms. The summed E-state index contributed by atoms with van der Waals surface area (Å²) >= 11 is 0. The minimum Gasteiger partial charge on any atom is -0.481 e. The Morgan fingerprint density at radius 1 is 1.40 bits per heavy atom. The van der Waals surface area contributed by atoms with Crippen molar-refractivity contribution >= 4 is 11.9 Å². The quantitative estimate of drug-likeness (QED) is 0.390. The molecule has 0 fully saturated rings. The highest BCUT2D eigenvalue weighted by Crippen LogP contribution is 2.44. The molecule has 0 aromatic rings. The number of carbonyl (C=O) groups is 2. The molecule has 0 amide bonds. The topological polar surface area (TPSA) is 124 Å². The summed E-state index contributed by atoms with van der Waals surface area (Å²) in [6, 6.07) is 0. The molecule has 0 heterocycles. The third-order valence-corrected chi connectivity index (χ3v) is 5.75. The molecule has 7 heteroatoms. The fourth-order valence-electron chi connectivity index (χ4n) is 4.34. The van der Waals surface area contributed by atoms with Crippen LogP contribution in [0.15, 0.2) is 23.8 Å². The van der Waals surface area contributed by atoms with Crippen molar-refractivity contribution in [1.82, 2.24) is 0 Å². The molecule has 2 aliphatic rings. The monoisotopic (exact) mass is 433 g/mol. The molecule has 2 rings (SSSR count). The van der Waals surface area contributed by atoms with Gasteiger partial charge in [0.25, 0.3) is 0 Å². The SMILES string of the molecule is [2H]C([2H])([2H])C([2H])([2H])[C@]([2H])(C(=O)O[C@H]1C[C@H](O)C=C2C=C[C@H](C)[C@H](CC[C@@H](O)C[C@@H](O)CC(=O)O)[C@H]21)C([2H])([2H])[2H]. The zero-order chi connectivity index (χ0) is 30.1. The molecule has 0 aromatic carbocycles. The van der Waals surface area contributed by atoms with Crippen molar-refractivity contribution < 1.29 is 47.1 Å². The van der Waals surface area contributed by atoms with Gasteiger partial charge in [-0.15, -0.1) is 0 Å². The smallest absolute Gasteiger partial charge is 0.308 e. The van der Waals surface area contributed by atoms with Crippen molar-refractivity contribution in [2.75, 3.05) is 0 Å². The summed E-state index contributed by atoms with van der Waals surface area (Å²) in [7, 11) is 0. The number of aliphatic carboxylic acids is 1. The highest BCUT2D eigenvalue weighted by molar-refractivity contribution is 5.72. The second kappa shape index (κ2) is 11.1. The van der Waals surface area contributed by atoms with E-state index in [2.05, 4.69) is 0 Å². The number of carboxylic acid groups (broad SMARTS) is 1. The highest BCUT2D eigenvalue weighted by Gasteiger charge is 2.42. The van der Waals surface area contributed by atoms with Gasteiger partial charge in [0, 0.05) is 24.7 Å². The average Bonchev–Trinajstić information content (AvgIpc) is 2.75. The zero-order valence-corrected chi connectivity index (χ0v) is 16.8. The zero-order valence-electron chi connectivity index (χ0n) is 25.8. The van der Waals surface area contributed by atoms with E-state index in [1.807, 2.05) is 13.0 Å². The van der Waals surface area contributed by atoms with Crippen LogP contribution in [-0.2, 0) is 14.3 Å². The van der Waals surface area contributed by atoms with Gasteiger partial charge in [-0.25, -0.2) is 0 Å². The summed E-state index contributed by atoms with van der Waals surface area (Å²) in [5.74, 6) is -8.10. The van der Waals surface area contributed by atoms with Crippen molar-refractivity contribution in [3.05, 3.63) is 23.8 Å². The van der Waals surface area contributed by atoms with E-state index in [4.69, 9.17) is 22.2 Å². The van der Waals surface area contributed by atoms with Gasteiger partial charge in [-0.3, -0.25) is 9.59 Å². The van der Waals surface area contributed by atoms with Crippen LogP contribution in [0.25, 0.3) is 0 Å². The molecule has 170 valence electrons. The molecule has 7 nitrogen and oxygen atoms in total. The maximum atomic E-state index is 13.2. The van der Waals surface area contributed by atoms with Crippen LogP contribution in [0.2, 0.25) is 0 Å². The minimum absolute atomic E-state index is 0.131. The van der Waals surface area contributed by atoms with E-state index >= 15 is 0 Å². The Balaban J connectivity index is 2.35. The van der Waals surface area contributed by atoms with Crippen LogP contribution in [0.4, 0.5) is 0 Å².